The minimum atomic E-state index is 0.0821. The summed E-state index contributed by atoms with van der Waals surface area (Å²) in [4.78, 5) is 15.5. The van der Waals surface area contributed by atoms with E-state index in [0.29, 0.717) is 11.8 Å². The Bertz CT molecular complexity index is 613. The van der Waals surface area contributed by atoms with E-state index in [1.807, 2.05) is 25.1 Å². The van der Waals surface area contributed by atoms with E-state index >= 15 is 0 Å². The molecule has 0 fully saturated rings. The van der Waals surface area contributed by atoms with Crippen LogP contribution in [0, 0.1) is 6.92 Å². The minimum Gasteiger partial charge on any atom is -0.358 e. The third kappa shape index (κ3) is 1.71. The van der Waals surface area contributed by atoms with Crippen LogP contribution in [0.25, 0.3) is 10.9 Å². The number of aromatic nitrogens is 1. The van der Waals surface area contributed by atoms with Gasteiger partial charge in [0.15, 0.2) is 5.43 Å². The Labute approximate surface area is 102 Å². The number of H-pyrrole nitrogens is 1. The van der Waals surface area contributed by atoms with Gasteiger partial charge in [0.1, 0.15) is 0 Å². The van der Waals surface area contributed by atoms with Crippen molar-refractivity contribution in [1.29, 1.82) is 0 Å². The Hall–Kier alpha value is -1.35. The first-order valence-electron chi connectivity index (χ1n) is 5.06. The first-order valence-corrected chi connectivity index (χ1v) is 5.85. The Balaban J connectivity index is 2.91. The number of aromatic amines is 1. The zero-order valence-electron chi connectivity index (χ0n) is 9.01. The lowest BCUT2D eigenvalue weighted by Gasteiger charge is -2.07. The van der Waals surface area contributed by atoms with E-state index in [-0.39, 0.29) is 5.43 Å². The molecule has 0 radical (unpaired) electrons. The van der Waals surface area contributed by atoms with Crippen molar-refractivity contribution in [3.05, 3.63) is 56.8 Å². The zero-order valence-corrected chi connectivity index (χ0v) is 10.6. The number of benzene rings is 1. The van der Waals surface area contributed by atoms with Gasteiger partial charge in [-0.05, 0) is 41.4 Å². The molecule has 0 saturated carbocycles. The van der Waals surface area contributed by atoms with Crippen molar-refractivity contribution in [3.63, 3.8) is 0 Å². The first kappa shape index (κ1) is 11.1. The maximum atomic E-state index is 12.3. The molecule has 0 aliphatic carbocycles. The van der Waals surface area contributed by atoms with Crippen molar-refractivity contribution in [1.82, 2.24) is 4.98 Å². The van der Waals surface area contributed by atoms with Crippen LogP contribution in [0.1, 0.15) is 11.3 Å². The summed E-state index contributed by atoms with van der Waals surface area (Å²) in [5.74, 6) is 0. The molecule has 16 heavy (non-hydrogen) atoms. The zero-order chi connectivity index (χ0) is 11.7. The topological polar surface area (TPSA) is 32.9 Å². The van der Waals surface area contributed by atoms with Gasteiger partial charge in [0, 0.05) is 15.7 Å². The Morgan fingerprint density at radius 3 is 2.94 bits per heavy atom. The molecule has 1 N–H and O–H groups in total. The van der Waals surface area contributed by atoms with Gasteiger partial charge in [0.25, 0.3) is 0 Å². The number of rotatable bonds is 2. The van der Waals surface area contributed by atoms with Gasteiger partial charge in [-0.15, -0.1) is 6.58 Å². The van der Waals surface area contributed by atoms with E-state index in [4.69, 9.17) is 0 Å². The molecule has 0 bridgehead atoms. The molecule has 1 aromatic heterocycles. The Kier molecular flexibility index (Phi) is 2.97. The molecule has 2 aromatic rings. The molecule has 0 aliphatic rings. The average molecular weight is 278 g/mol. The van der Waals surface area contributed by atoms with Gasteiger partial charge in [0.05, 0.1) is 10.9 Å². The molecule has 1 aromatic carbocycles. The lowest BCUT2D eigenvalue weighted by Crippen LogP contribution is -2.13. The van der Waals surface area contributed by atoms with Crippen molar-refractivity contribution >= 4 is 26.8 Å². The van der Waals surface area contributed by atoms with Crippen LogP contribution in [0.15, 0.2) is 40.1 Å². The number of hydrogen-bond donors (Lipinski definition) is 1. The van der Waals surface area contributed by atoms with Crippen LogP contribution in [0.4, 0.5) is 0 Å². The second-order valence-electron chi connectivity index (χ2n) is 3.71. The summed E-state index contributed by atoms with van der Waals surface area (Å²) < 4.78 is 0.830. The molecular formula is C13H12BrNO. The standard InChI is InChI=1S/C13H12BrNO/c1-3-5-9-8(2)15-11-7-4-6-10(14)12(11)13(9)16/h3-4,6-7H,1,5H2,2H3,(H,15,16). The van der Waals surface area contributed by atoms with Crippen LogP contribution in [-0.4, -0.2) is 4.98 Å². The number of pyridine rings is 1. The van der Waals surface area contributed by atoms with Crippen molar-refractivity contribution in [2.75, 3.05) is 0 Å². The second kappa shape index (κ2) is 4.26. The Morgan fingerprint density at radius 1 is 1.50 bits per heavy atom. The molecular weight excluding hydrogens is 266 g/mol. The fourth-order valence-corrected chi connectivity index (χ4v) is 2.39. The van der Waals surface area contributed by atoms with Gasteiger partial charge in [-0.2, -0.15) is 0 Å². The van der Waals surface area contributed by atoms with Crippen molar-refractivity contribution < 1.29 is 0 Å². The van der Waals surface area contributed by atoms with E-state index in [1.165, 1.54) is 0 Å². The van der Waals surface area contributed by atoms with E-state index in [2.05, 4.69) is 27.5 Å². The van der Waals surface area contributed by atoms with E-state index < -0.39 is 0 Å². The van der Waals surface area contributed by atoms with Gasteiger partial charge in [-0.25, -0.2) is 0 Å². The van der Waals surface area contributed by atoms with Gasteiger partial charge in [-0.1, -0.05) is 12.1 Å². The van der Waals surface area contributed by atoms with E-state index in [9.17, 15) is 4.79 Å². The highest BCUT2D eigenvalue weighted by Crippen LogP contribution is 2.20. The van der Waals surface area contributed by atoms with Crippen molar-refractivity contribution in [2.45, 2.75) is 13.3 Å². The molecule has 1 heterocycles. The van der Waals surface area contributed by atoms with Crippen LogP contribution >= 0.6 is 15.9 Å². The predicted octanol–water partition coefficient (Wildman–Crippen LogP) is 3.33. The number of nitrogens with one attached hydrogen (secondary N) is 1. The molecule has 82 valence electrons. The lowest BCUT2D eigenvalue weighted by molar-refractivity contribution is 1.12. The van der Waals surface area contributed by atoms with Crippen LogP contribution in [-0.2, 0) is 6.42 Å². The first-order chi connectivity index (χ1) is 7.65. The monoisotopic (exact) mass is 277 g/mol. The molecule has 0 unspecified atom stereocenters. The molecule has 2 nitrogen and oxygen atoms in total. The van der Waals surface area contributed by atoms with Crippen molar-refractivity contribution in [3.8, 4) is 0 Å². The molecule has 0 saturated heterocycles. The van der Waals surface area contributed by atoms with Gasteiger partial charge in [0.2, 0.25) is 0 Å². The maximum Gasteiger partial charge on any atom is 0.194 e. The average Bonchev–Trinajstić information content (AvgIpc) is 2.24. The van der Waals surface area contributed by atoms with Crippen LogP contribution in [0.3, 0.4) is 0 Å². The van der Waals surface area contributed by atoms with Crippen LogP contribution in [0.5, 0.6) is 0 Å². The molecule has 0 spiro atoms. The van der Waals surface area contributed by atoms with E-state index in [1.54, 1.807) is 6.08 Å². The Morgan fingerprint density at radius 2 is 2.25 bits per heavy atom. The number of halogens is 1. The second-order valence-corrected chi connectivity index (χ2v) is 4.57. The highest BCUT2D eigenvalue weighted by Gasteiger charge is 2.09. The largest absolute Gasteiger partial charge is 0.358 e. The number of hydrogen-bond acceptors (Lipinski definition) is 1. The number of aryl methyl sites for hydroxylation is 1. The molecule has 0 amide bonds. The van der Waals surface area contributed by atoms with Gasteiger partial charge < -0.3 is 4.98 Å². The van der Waals surface area contributed by atoms with Crippen LogP contribution < -0.4 is 5.43 Å². The fraction of sp³-hybridized carbons (Fsp3) is 0.154. The van der Waals surface area contributed by atoms with Crippen molar-refractivity contribution in [2.24, 2.45) is 0 Å². The number of fused-ring (bicyclic) bond motifs is 1. The normalized spacial score (nSPS) is 10.6. The predicted molar refractivity (Wildman–Crippen MR) is 70.9 cm³/mol. The van der Waals surface area contributed by atoms with Crippen LogP contribution in [0.2, 0.25) is 0 Å². The lowest BCUT2D eigenvalue weighted by atomic mass is 10.1. The smallest absolute Gasteiger partial charge is 0.194 e. The molecule has 0 aliphatic heterocycles. The molecule has 3 heteroatoms. The third-order valence-electron chi connectivity index (χ3n) is 2.64. The summed E-state index contributed by atoms with van der Waals surface area (Å²) in [5, 5.41) is 0.713. The SMILES string of the molecule is C=CCc1c(C)[nH]c2cccc(Br)c2c1=O. The summed E-state index contributed by atoms with van der Waals surface area (Å²) in [6.45, 7) is 5.59. The maximum absolute atomic E-state index is 12.3. The quantitative estimate of drug-likeness (QED) is 0.840. The molecule has 2 rings (SSSR count). The highest BCUT2D eigenvalue weighted by atomic mass is 79.9. The third-order valence-corrected chi connectivity index (χ3v) is 3.30. The van der Waals surface area contributed by atoms with Gasteiger partial charge >= 0.3 is 0 Å². The summed E-state index contributed by atoms with van der Waals surface area (Å²) in [5.41, 5.74) is 2.65. The molecule has 0 atom stereocenters. The van der Waals surface area contributed by atoms with Gasteiger partial charge in [-0.3, -0.25) is 4.79 Å². The summed E-state index contributed by atoms with van der Waals surface area (Å²) in [6.07, 6.45) is 2.35. The summed E-state index contributed by atoms with van der Waals surface area (Å²) >= 11 is 3.41. The number of allylic oxidation sites excluding steroid dienone is 1. The van der Waals surface area contributed by atoms with E-state index in [0.717, 1.165) is 21.2 Å². The highest BCUT2D eigenvalue weighted by molar-refractivity contribution is 9.10. The fourth-order valence-electron chi connectivity index (χ4n) is 1.85. The summed E-state index contributed by atoms with van der Waals surface area (Å²) in [6, 6.07) is 5.70. The minimum absolute atomic E-state index is 0.0821. The summed E-state index contributed by atoms with van der Waals surface area (Å²) in [7, 11) is 0.